The molecule has 3 N–H and O–H groups in total. The monoisotopic (exact) mass is 341 g/mol. The number of aliphatic carboxylic acids is 1. The molecule has 1 unspecified atom stereocenters. The first-order chi connectivity index (χ1) is 11.8. The molecule has 3 rings (SSSR count). The highest BCUT2D eigenvalue weighted by molar-refractivity contribution is 6.00. The average Bonchev–Trinajstić information content (AvgIpc) is 3.05. The van der Waals surface area contributed by atoms with E-state index in [9.17, 15) is 14.7 Å². The number of benzene rings is 1. The molecule has 0 fully saturated rings. The van der Waals surface area contributed by atoms with Gasteiger partial charge in [-0.05, 0) is 39.8 Å². The minimum absolute atomic E-state index is 0.116. The van der Waals surface area contributed by atoms with Gasteiger partial charge in [-0.3, -0.25) is 9.89 Å². The van der Waals surface area contributed by atoms with Gasteiger partial charge in [0.05, 0.1) is 5.69 Å². The SMILES string of the molecule is Cc1ccc2oc(C(=O)NC(C(=O)O)c3c(C)n[nH]c3C)c(C)c2c1. The Labute approximate surface area is 144 Å². The van der Waals surface area contributed by atoms with E-state index < -0.39 is 17.9 Å². The Morgan fingerprint density at radius 2 is 1.96 bits per heavy atom. The third-order valence-corrected chi connectivity index (χ3v) is 4.29. The van der Waals surface area contributed by atoms with E-state index >= 15 is 0 Å². The van der Waals surface area contributed by atoms with Gasteiger partial charge in [0.2, 0.25) is 0 Å². The van der Waals surface area contributed by atoms with Crippen LogP contribution in [-0.4, -0.2) is 27.2 Å². The summed E-state index contributed by atoms with van der Waals surface area (Å²) in [7, 11) is 0. The largest absolute Gasteiger partial charge is 0.479 e. The minimum Gasteiger partial charge on any atom is -0.479 e. The number of fused-ring (bicyclic) bond motifs is 1. The summed E-state index contributed by atoms with van der Waals surface area (Å²) in [5, 5.41) is 19.7. The molecule has 7 nitrogen and oxygen atoms in total. The number of hydrogen-bond acceptors (Lipinski definition) is 4. The van der Waals surface area contributed by atoms with Crippen LogP contribution >= 0.6 is 0 Å². The summed E-state index contributed by atoms with van der Waals surface area (Å²) in [5.41, 5.74) is 3.91. The van der Waals surface area contributed by atoms with Crippen LogP contribution in [0, 0.1) is 27.7 Å². The molecule has 0 aliphatic heterocycles. The summed E-state index contributed by atoms with van der Waals surface area (Å²) in [6, 6.07) is 4.42. The Balaban J connectivity index is 1.98. The molecule has 0 bridgehead atoms. The quantitative estimate of drug-likeness (QED) is 0.676. The van der Waals surface area contributed by atoms with Gasteiger partial charge < -0.3 is 14.8 Å². The summed E-state index contributed by atoms with van der Waals surface area (Å²) >= 11 is 0. The van der Waals surface area contributed by atoms with Crippen LogP contribution in [0.2, 0.25) is 0 Å². The fourth-order valence-electron chi connectivity index (χ4n) is 2.99. The number of aryl methyl sites for hydroxylation is 4. The van der Waals surface area contributed by atoms with Crippen molar-refractivity contribution in [1.29, 1.82) is 0 Å². The van der Waals surface area contributed by atoms with Crippen molar-refractivity contribution in [2.24, 2.45) is 0 Å². The second-order valence-electron chi connectivity index (χ2n) is 6.15. The van der Waals surface area contributed by atoms with Crippen molar-refractivity contribution in [3.63, 3.8) is 0 Å². The maximum atomic E-state index is 12.7. The predicted octanol–water partition coefficient (Wildman–Crippen LogP) is 2.95. The van der Waals surface area contributed by atoms with Crippen LogP contribution < -0.4 is 5.32 Å². The molecular formula is C18H19N3O4. The van der Waals surface area contributed by atoms with Crippen LogP contribution in [0.15, 0.2) is 22.6 Å². The number of carbonyl (C=O) groups excluding carboxylic acids is 1. The number of nitrogens with one attached hydrogen (secondary N) is 2. The molecular weight excluding hydrogens is 322 g/mol. The topological polar surface area (TPSA) is 108 Å². The predicted molar refractivity (Wildman–Crippen MR) is 91.6 cm³/mol. The lowest BCUT2D eigenvalue weighted by molar-refractivity contribution is -0.139. The smallest absolute Gasteiger partial charge is 0.331 e. The molecule has 2 heterocycles. The highest BCUT2D eigenvalue weighted by Crippen LogP contribution is 2.27. The Morgan fingerprint density at radius 1 is 1.24 bits per heavy atom. The zero-order valence-corrected chi connectivity index (χ0v) is 14.4. The van der Waals surface area contributed by atoms with Crippen molar-refractivity contribution < 1.29 is 19.1 Å². The zero-order chi connectivity index (χ0) is 18.3. The second kappa shape index (κ2) is 6.08. The number of furan rings is 1. The number of amides is 1. The first-order valence-corrected chi connectivity index (χ1v) is 7.84. The Kier molecular flexibility index (Phi) is 4.08. The van der Waals surface area contributed by atoms with Gasteiger partial charge in [-0.25, -0.2) is 4.79 Å². The van der Waals surface area contributed by atoms with Crippen LogP contribution in [0.3, 0.4) is 0 Å². The van der Waals surface area contributed by atoms with Gasteiger partial charge in [0.1, 0.15) is 5.58 Å². The molecule has 3 aromatic rings. The lowest BCUT2D eigenvalue weighted by Gasteiger charge is -2.14. The maximum absolute atomic E-state index is 12.7. The van der Waals surface area contributed by atoms with Crippen LogP contribution in [0.4, 0.5) is 0 Å². The Bertz CT molecular complexity index is 964. The molecule has 2 aromatic heterocycles. The number of rotatable bonds is 4. The van der Waals surface area contributed by atoms with Crippen molar-refractivity contribution in [2.45, 2.75) is 33.7 Å². The Morgan fingerprint density at radius 3 is 2.56 bits per heavy atom. The number of aromatic amines is 1. The molecule has 0 spiro atoms. The third kappa shape index (κ3) is 2.88. The molecule has 0 saturated carbocycles. The summed E-state index contributed by atoms with van der Waals surface area (Å²) in [4.78, 5) is 24.3. The van der Waals surface area contributed by atoms with Gasteiger partial charge >= 0.3 is 5.97 Å². The first-order valence-electron chi connectivity index (χ1n) is 7.84. The molecule has 0 saturated heterocycles. The minimum atomic E-state index is -1.21. The molecule has 1 atom stereocenters. The zero-order valence-electron chi connectivity index (χ0n) is 14.4. The second-order valence-corrected chi connectivity index (χ2v) is 6.15. The van der Waals surface area contributed by atoms with Gasteiger partial charge in [0.15, 0.2) is 11.8 Å². The average molecular weight is 341 g/mol. The van der Waals surface area contributed by atoms with Crippen molar-refractivity contribution in [3.05, 3.63) is 52.0 Å². The van der Waals surface area contributed by atoms with E-state index in [-0.39, 0.29) is 5.76 Å². The number of aromatic nitrogens is 2. The standard InChI is InChI=1S/C18H19N3O4/c1-8-5-6-13-12(7-8)9(2)16(25-13)17(22)19-15(18(23)24)14-10(3)20-21-11(14)4/h5-7,15H,1-4H3,(H,19,22)(H,20,21)(H,23,24). The van der Waals surface area contributed by atoms with Gasteiger partial charge in [0.25, 0.3) is 5.91 Å². The van der Waals surface area contributed by atoms with Crippen LogP contribution in [0.25, 0.3) is 11.0 Å². The molecule has 0 aliphatic carbocycles. The van der Waals surface area contributed by atoms with Crippen molar-refractivity contribution >= 4 is 22.8 Å². The summed E-state index contributed by atoms with van der Waals surface area (Å²) in [6.45, 7) is 7.14. The maximum Gasteiger partial charge on any atom is 0.331 e. The van der Waals surface area contributed by atoms with Crippen molar-refractivity contribution in [3.8, 4) is 0 Å². The lowest BCUT2D eigenvalue weighted by atomic mass is 10.0. The van der Waals surface area contributed by atoms with E-state index in [0.717, 1.165) is 10.9 Å². The normalized spacial score (nSPS) is 12.3. The van der Waals surface area contributed by atoms with Gasteiger partial charge in [0, 0.05) is 22.2 Å². The Hall–Kier alpha value is -3.09. The van der Waals surface area contributed by atoms with Crippen molar-refractivity contribution in [1.82, 2.24) is 15.5 Å². The summed E-state index contributed by atoms with van der Waals surface area (Å²) < 4.78 is 5.65. The fourth-order valence-corrected chi connectivity index (χ4v) is 2.99. The third-order valence-electron chi connectivity index (χ3n) is 4.29. The fraction of sp³-hybridized carbons (Fsp3) is 0.278. The molecule has 130 valence electrons. The summed E-state index contributed by atoms with van der Waals surface area (Å²) in [5.74, 6) is -1.62. The van der Waals surface area contributed by atoms with Crippen LogP contribution in [0.1, 0.15) is 44.7 Å². The lowest BCUT2D eigenvalue weighted by Crippen LogP contribution is -2.34. The number of carboxylic acids is 1. The number of carboxylic acid groups (broad SMARTS) is 1. The molecule has 1 amide bonds. The molecule has 1 aromatic carbocycles. The van der Waals surface area contributed by atoms with Gasteiger partial charge in [-0.2, -0.15) is 5.10 Å². The van der Waals surface area contributed by atoms with E-state index in [1.165, 1.54) is 0 Å². The molecule has 0 radical (unpaired) electrons. The van der Waals surface area contributed by atoms with E-state index in [0.29, 0.717) is 28.1 Å². The van der Waals surface area contributed by atoms with Gasteiger partial charge in [-0.15, -0.1) is 0 Å². The van der Waals surface area contributed by atoms with Gasteiger partial charge in [-0.1, -0.05) is 11.6 Å². The molecule has 7 heteroatoms. The highest BCUT2D eigenvalue weighted by atomic mass is 16.4. The first kappa shape index (κ1) is 16.8. The van der Waals surface area contributed by atoms with E-state index in [4.69, 9.17) is 4.42 Å². The van der Waals surface area contributed by atoms with Crippen LogP contribution in [0.5, 0.6) is 0 Å². The number of nitrogens with zero attached hydrogens (tertiary/aromatic N) is 1. The number of H-pyrrole nitrogens is 1. The van der Waals surface area contributed by atoms with Crippen LogP contribution in [-0.2, 0) is 4.79 Å². The summed E-state index contributed by atoms with van der Waals surface area (Å²) in [6.07, 6.45) is 0. The van der Waals surface area contributed by atoms with Crippen molar-refractivity contribution in [2.75, 3.05) is 0 Å². The molecule has 25 heavy (non-hydrogen) atoms. The number of hydrogen-bond donors (Lipinski definition) is 3. The highest BCUT2D eigenvalue weighted by Gasteiger charge is 2.29. The molecule has 0 aliphatic rings. The van der Waals surface area contributed by atoms with E-state index in [2.05, 4.69) is 15.5 Å². The van der Waals surface area contributed by atoms with E-state index in [1.807, 2.05) is 19.1 Å². The van der Waals surface area contributed by atoms with E-state index in [1.54, 1.807) is 26.8 Å². The number of carbonyl (C=O) groups is 2.